The highest BCUT2D eigenvalue weighted by molar-refractivity contribution is 6.01. The summed E-state index contributed by atoms with van der Waals surface area (Å²) in [5.74, 6) is -1.62. The fourth-order valence-corrected chi connectivity index (χ4v) is 5.35. The summed E-state index contributed by atoms with van der Waals surface area (Å²) in [4.78, 5) is 66.9. The molecular weight excluding hydrogens is 574 g/mol. The lowest BCUT2D eigenvalue weighted by Gasteiger charge is -2.23. The van der Waals surface area contributed by atoms with Crippen molar-refractivity contribution in [3.63, 3.8) is 0 Å². The molecule has 45 heavy (non-hydrogen) atoms. The highest BCUT2D eigenvalue weighted by atomic mass is 16.5. The number of ether oxygens (including phenoxy) is 1. The first-order valence-electron chi connectivity index (χ1n) is 15.1. The van der Waals surface area contributed by atoms with E-state index in [9.17, 15) is 24.0 Å². The molecule has 4 N–H and O–H groups in total. The molecule has 234 valence electrons. The van der Waals surface area contributed by atoms with Crippen LogP contribution in [0, 0.1) is 0 Å². The summed E-state index contributed by atoms with van der Waals surface area (Å²) >= 11 is 0. The van der Waals surface area contributed by atoms with E-state index in [0.29, 0.717) is 18.7 Å². The third-order valence-electron chi connectivity index (χ3n) is 7.77. The Morgan fingerprint density at radius 2 is 1.60 bits per heavy atom. The van der Waals surface area contributed by atoms with Gasteiger partial charge < -0.3 is 30.9 Å². The van der Waals surface area contributed by atoms with Gasteiger partial charge in [-0.2, -0.15) is 0 Å². The van der Waals surface area contributed by atoms with Crippen LogP contribution in [0.15, 0.2) is 78.9 Å². The number of hydrogen-bond donors (Lipinski definition) is 4. The Kier molecular flexibility index (Phi) is 10.4. The fourth-order valence-electron chi connectivity index (χ4n) is 5.35. The summed E-state index contributed by atoms with van der Waals surface area (Å²) in [6, 6.07) is 21.3. The van der Waals surface area contributed by atoms with Crippen molar-refractivity contribution in [2.24, 2.45) is 0 Å². The number of rotatable bonds is 7. The molecule has 3 aromatic carbocycles. The topological polar surface area (TPSA) is 146 Å². The van der Waals surface area contributed by atoms with Gasteiger partial charge in [-0.3, -0.25) is 24.0 Å². The normalized spacial score (nSPS) is 19.3. The standard InChI is InChI=1S/C34H37N5O6/c40-30-20-28(34(44)36-21-24-12-14-25(15-13-24)22-39-17-6-11-31(39)41)38-32(42)26-9-4-5-10-29(26)45-18-16-35-33(43)27(37-30)19-23-7-2-1-3-8-23/h1-5,7-10,12-15,27-28H,6,11,16-22H2,(H,35,43)(H,36,44)(H,37,40)(H,38,42)/t27-,28-/m0/s1. The van der Waals surface area contributed by atoms with Gasteiger partial charge in [0.05, 0.1) is 18.5 Å². The van der Waals surface area contributed by atoms with Crippen molar-refractivity contribution in [2.75, 3.05) is 19.7 Å². The summed E-state index contributed by atoms with van der Waals surface area (Å²) in [5.41, 5.74) is 2.86. The summed E-state index contributed by atoms with van der Waals surface area (Å²) < 4.78 is 5.80. The van der Waals surface area contributed by atoms with Crippen molar-refractivity contribution in [3.8, 4) is 5.75 Å². The van der Waals surface area contributed by atoms with Gasteiger partial charge >= 0.3 is 0 Å². The second kappa shape index (κ2) is 15.0. The summed E-state index contributed by atoms with van der Waals surface area (Å²) in [5, 5.41) is 11.1. The number of carbonyl (C=O) groups excluding carboxylic acids is 5. The average molecular weight is 612 g/mol. The van der Waals surface area contributed by atoms with Gasteiger partial charge in [0.1, 0.15) is 24.4 Å². The molecule has 11 heteroatoms. The number of fused-ring (bicyclic) bond motifs is 1. The molecule has 0 bridgehead atoms. The zero-order chi connectivity index (χ0) is 31.6. The van der Waals surface area contributed by atoms with E-state index in [0.717, 1.165) is 29.7 Å². The minimum atomic E-state index is -1.23. The van der Waals surface area contributed by atoms with Crippen LogP contribution in [-0.2, 0) is 38.7 Å². The monoisotopic (exact) mass is 611 g/mol. The lowest BCUT2D eigenvalue weighted by Crippen LogP contribution is -2.53. The first kappa shape index (κ1) is 31.2. The van der Waals surface area contributed by atoms with Crippen molar-refractivity contribution < 1.29 is 28.7 Å². The highest BCUT2D eigenvalue weighted by Crippen LogP contribution is 2.19. The first-order valence-corrected chi connectivity index (χ1v) is 15.1. The van der Waals surface area contributed by atoms with Crippen LogP contribution in [0.1, 0.15) is 46.3 Å². The molecule has 5 amide bonds. The van der Waals surface area contributed by atoms with Crippen LogP contribution >= 0.6 is 0 Å². The lowest BCUT2D eigenvalue weighted by atomic mass is 10.0. The van der Waals surface area contributed by atoms with Crippen LogP contribution in [0.5, 0.6) is 5.75 Å². The van der Waals surface area contributed by atoms with Crippen molar-refractivity contribution >= 4 is 29.5 Å². The van der Waals surface area contributed by atoms with E-state index in [-0.39, 0.29) is 49.9 Å². The quantitative estimate of drug-likeness (QED) is 0.321. The summed E-state index contributed by atoms with van der Waals surface area (Å²) in [6.45, 7) is 1.72. The molecule has 2 heterocycles. The van der Waals surface area contributed by atoms with E-state index in [1.807, 2.05) is 59.5 Å². The Morgan fingerprint density at radius 1 is 0.867 bits per heavy atom. The maximum Gasteiger partial charge on any atom is 0.255 e. The van der Waals surface area contributed by atoms with Crippen LogP contribution in [-0.4, -0.2) is 66.2 Å². The number of likely N-dealkylation sites (tertiary alicyclic amines) is 1. The number of nitrogens with one attached hydrogen (secondary N) is 4. The predicted molar refractivity (Wildman–Crippen MR) is 166 cm³/mol. The number of amides is 5. The van der Waals surface area contributed by atoms with Crippen LogP contribution in [0.2, 0.25) is 0 Å². The third-order valence-corrected chi connectivity index (χ3v) is 7.77. The minimum Gasteiger partial charge on any atom is -0.491 e. The fraction of sp³-hybridized carbons (Fsp3) is 0.324. The van der Waals surface area contributed by atoms with Gasteiger partial charge in [0, 0.05) is 32.5 Å². The second-order valence-corrected chi connectivity index (χ2v) is 11.1. The molecule has 0 radical (unpaired) electrons. The minimum absolute atomic E-state index is 0.0963. The molecule has 2 atom stereocenters. The van der Waals surface area contributed by atoms with Gasteiger partial charge in [-0.25, -0.2) is 0 Å². The van der Waals surface area contributed by atoms with E-state index >= 15 is 0 Å². The first-order chi connectivity index (χ1) is 21.9. The zero-order valence-electron chi connectivity index (χ0n) is 24.9. The van der Waals surface area contributed by atoms with Crippen LogP contribution < -0.4 is 26.0 Å². The molecule has 3 aromatic rings. The molecular formula is C34H37N5O6. The Balaban J connectivity index is 1.30. The van der Waals surface area contributed by atoms with Gasteiger partial charge in [0.25, 0.3) is 5.91 Å². The molecule has 1 fully saturated rings. The van der Waals surface area contributed by atoms with E-state index in [4.69, 9.17) is 4.74 Å². The number of benzene rings is 3. The van der Waals surface area contributed by atoms with Crippen molar-refractivity contribution in [1.82, 2.24) is 26.2 Å². The van der Waals surface area contributed by atoms with Gasteiger partial charge in [-0.05, 0) is 35.2 Å². The summed E-state index contributed by atoms with van der Waals surface area (Å²) in [6.07, 6.45) is 1.31. The van der Waals surface area contributed by atoms with Gasteiger partial charge in [0.15, 0.2) is 0 Å². The average Bonchev–Trinajstić information content (AvgIpc) is 3.45. The number of nitrogens with zero attached hydrogens (tertiary/aromatic N) is 1. The number of hydrogen-bond acceptors (Lipinski definition) is 6. The molecule has 0 aliphatic carbocycles. The largest absolute Gasteiger partial charge is 0.491 e. The maximum absolute atomic E-state index is 13.4. The SMILES string of the molecule is O=C1C[C@@H](C(=O)NCc2ccc(CN3CCCC3=O)cc2)NC(=O)c2ccccc2OCCNC(=O)[C@H](Cc2ccccc2)N1. The molecule has 5 rings (SSSR count). The zero-order valence-corrected chi connectivity index (χ0v) is 24.9. The van der Waals surface area contributed by atoms with Crippen LogP contribution in [0.25, 0.3) is 0 Å². The summed E-state index contributed by atoms with van der Waals surface area (Å²) in [7, 11) is 0. The van der Waals surface area contributed by atoms with E-state index in [2.05, 4.69) is 21.3 Å². The van der Waals surface area contributed by atoms with Crippen molar-refractivity contribution in [1.29, 1.82) is 0 Å². The van der Waals surface area contributed by atoms with Crippen molar-refractivity contribution in [2.45, 2.75) is 50.9 Å². The Morgan fingerprint density at radius 3 is 2.36 bits per heavy atom. The maximum atomic E-state index is 13.4. The molecule has 0 saturated carbocycles. The third kappa shape index (κ3) is 8.69. The number of carbonyl (C=O) groups is 5. The number of para-hydroxylation sites is 1. The van der Waals surface area contributed by atoms with E-state index in [1.54, 1.807) is 24.3 Å². The van der Waals surface area contributed by atoms with Gasteiger partial charge in [-0.15, -0.1) is 0 Å². The predicted octanol–water partition coefficient (Wildman–Crippen LogP) is 1.85. The Bertz CT molecular complexity index is 1530. The van der Waals surface area contributed by atoms with E-state index in [1.165, 1.54) is 0 Å². The molecule has 0 aromatic heterocycles. The van der Waals surface area contributed by atoms with Crippen molar-refractivity contribution in [3.05, 3.63) is 101 Å². The lowest BCUT2D eigenvalue weighted by molar-refractivity contribution is -0.131. The second-order valence-electron chi connectivity index (χ2n) is 11.1. The Hall–Kier alpha value is -5.19. The van der Waals surface area contributed by atoms with E-state index < -0.39 is 29.8 Å². The Labute approximate surface area is 261 Å². The molecule has 1 saturated heterocycles. The van der Waals surface area contributed by atoms with Gasteiger partial charge in [0.2, 0.25) is 23.6 Å². The van der Waals surface area contributed by atoms with Crippen LogP contribution in [0.4, 0.5) is 0 Å². The van der Waals surface area contributed by atoms with Gasteiger partial charge in [-0.1, -0.05) is 66.7 Å². The van der Waals surface area contributed by atoms with Crippen LogP contribution in [0.3, 0.4) is 0 Å². The highest BCUT2D eigenvalue weighted by Gasteiger charge is 2.29. The molecule has 11 nitrogen and oxygen atoms in total. The molecule has 2 aliphatic heterocycles. The smallest absolute Gasteiger partial charge is 0.255 e. The molecule has 0 spiro atoms. The molecule has 2 aliphatic rings. The molecule has 0 unspecified atom stereocenters.